The normalized spacial score (nSPS) is 26.3. The molecule has 1 N–H and O–H groups in total. The summed E-state index contributed by atoms with van der Waals surface area (Å²) in [5.74, 6) is 1.14. The quantitative estimate of drug-likeness (QED) is 0.728. The lowest BCUT2D eigenvalue weighted by Gasteiger charge is -2.36. The van der Waals surface area contributed by atoms with Crippen molar-refractivity contribution in [2.75, 3.05) is 18.8 Å². The molecule has 15 heavy (non-hydrogen) atoms. The minimum absolute atomic E-state index is 0.705. The Labute approximate surface area is 95.1 Å². The van der Waals surface area contributed by atoms with E-state index in [-0.39, 0.29) is 0 Å². The minimum Gasteiger partial charge on any atom is -0.344 e. The number of nitrogens with one attached hydrogen (secondary N) is 1. The van der Waals surface area contributed by atoms with E-state index >= 15 is 0 Å². The second-order valence-electron chi connectivity index (χ2n) is 4.16. The van der Waals surface area contributed by atoms with E-state index in [0.29, 0.717) is 6.04 Å². The summed E-state index contributed by atoms with van der Waals surface area (Å²) in [5.41, 5.74) is 1.45. The van der Waals surface area contributed by atoms with Gasteiger partial charge in [0.05, 0.1) is 5.70 Å². The second kappa shape index (κ2) is 4.06. The summed E-state index contributed by atoms with van der Waals surface area (Å²) in [5, 5.41) is 3.42. The van der Waals surface area contributed by atoms with Crippen molar-refractivity contribution in [1.29, 1.82) is 0 Å². The highest BCUT2D eigenvalue weighted by molar-refractivity contribution is 8.03. The van der Waals surface area contributed by atoms with Crippen LogP contribution >= 0.6 is 11.8 Å². The molecule has 1 saturated heterocycles. The van der Waals surface area contributed by atoms with Crippen molar-refractivity contribution in [2.45, 2.75) is 18.9 Å². The number of hydrogen-bond acceptors (Lipinski definition) is 3. The number of hydrogen-bond donors (Lipinski definition) is 1. The molecule has 80 valence electrons. The number of fused-ring (bicyclic) bond motifs is 1. The molecule has 0 unspecified atom stereocenters. The van der Waals surface area contributed by atoms with Crippen molar-refractivity contribution >= 4 is 11.8 Å². The molecule has 0 spiro atoms. The van der Waals surface area contributed by atoms with E-state index in [9.17, 15) is 0 Å². The summed E-state index contributed by atoms with van der Waals surface area (Å²) in [4.78, 5) is 3.94. The van der Waals surface area contributed by atoms with E-state index in [1.165, 1.54) is 23.4 Å². The smallest absolute Gasteiger partial charge is 0.0514 e. The Bertz CT molecular complexity index is 338. The summed E-state index contributed by atoms with van der Waals surface area (Å²) in [6, 6.07) is 0.705. The van der Waals surface area contributed by atoms with Crippen LogP contribution in [0.15, 0.2) is 35.0 Å². The van der Waals surface area contributed by atoms with Crippen molar-refractivity contribution in [1.82, 2.24) is 10.2 Å². The van der Waals surface area contributed by atoms with Crippen LogP contribution in [-0.4, -0.2) is 29.8 Å². The number of rotatable bonds is 1. The minimum atomic E-state index is 0.705. The highest BCUT2D eigenvalue weighted by Gasteiger charge is 2.26. The molecule has 1 fully saturated rings. The van der Waals surface area contributed by atoms with Crippen LogP contribution in [0.1, 0.15) is 12.8 Å². The van der Waals surface area contributed by atoms with E-state index in [1.54, 1.807) is 0 Å². The van der Waals surface area contributed by atoms with Gasteiger partial charge in [-0.1, -0.05) is 0 Å². The maximum Gasteiger partial charge on any atom is 0.0514 e. The van der Waals surface area contributed by atoms with Crippen LogP contribution in [0.3, 0.4) is 0 Å². The van der Waals surface area contributed by atoms with Gasteiger partial charge in [0.25, 0.3) is 0 Å². The topological polar surface area (TPSA) is 15.3 Å². The third-order valence-electron chi connectivity index (χ3n) is 3.24. The average Bonchev–Trinajstić information content (AvgIpc) is 2.78. The van der Waals surface area contributed by atoms with Gasteiger partial charge in [0.15, 0.2) is 0 Å². The highest BCUT2D eigenvalue weighted by atomic mass is 32.2. The lowest BCUT2D eigenvalue weighted by molar-refractivity contribution is 0.274. The van der Waals surface area contributed by atoms with E-state index in [4.69, 9.17) is 0 Å². The maximum absolute atomic E-state index is 3.42. The largest absolute Gasteiger partial charge is 0.344 e. The zero-order valence-corrected chi connectivity index (χ0v) is 9.59. The number of piperidine rings is 1. The Balaban J connectivity index is 1.81. The van der Waals surface area contributed by atoms with Crippen LogP contribution in [0, 0.1) is 0 Å². The highest BCUT2D eigenvalue weighted by Crippen LogP contribution is 2.37. The van der Waals surface area contributed by atoms with Crippen LogP contribution in [-0.2, 0) is 0 Å². The van der Waals surface area contributed by atoms with Crippen molar-refractivity contribution in [3.63, 3.8) is 0 Å². The molecule has 3 rings (SSSR count). The monoisotopic (exact) mass is 220 g/mol. The van der Waals surface area contributed by atoms with Gasteiger partial charge in [0.1, 0.15) is 0 Å². The van der Waals surface area contributed by atoms with Gasteiger partial charge in [-0.25, -0.2) is 0 Å². The fraction of sp³-hybridized carbons (Fsp3) is 0.500. The zero-order chi connectivity index (χ0) is 10.1. The summed E-state index contributed by atoms with van der Waals surface area (Å²) < 4.78 is 0. The van der Waals surface area contributed by atoms with Gasteiger partial charge in [-0.15, -0.1) is 11.8 Å². The van der Waals surface area contributed by atoms with Gasteiger partial charge in [-0.05, 0) is 44.2 Å². The van der Waals surface area contributed by atoms with Crippen molar-refractivity contribution in [2.24, 2.45) is 0 Å². The molecule has 0 saturated carbocycles. The van der Waals surface area contributed by atoms with E-state index in [0.717, 1.165) is 18.8 Å². The third kappa shape index (κ3) is 1.74. The molecule has 0 aromatic carbocycles. The summed E-state index contributed by atoms with van der Waals surface area (Å²) in [7, 11) is 0. The van der Waals surface area contributed by atoms with E-state index in [2.05, 4.69) is 34.6 Å². The molecular formula is C12H16N2S. The van der Waals surface area contributed by atoms with Gasteiger partial charge in [0, 0.05) is 22.9 Å². The number of nitrogens with zero attached hydrogens (tertiary/aromatic N) is 1. The van der Waals surface area contributed by atoms with Crippen LogP contribution in [0.25, 0.3) is 0 Å². The fourth-order valence-electron chi connectivity index (χ4n) is 2.46. The molecule has 0 amide bonds. The fourth-order valence-corrected chi connectivity index (χ4v) is 3.39. The van der Waals surface area contributed by atoms with Crippen LogP contribution < -0.4 is 5.32 Å². The van der Waals surface area contributed by atoms with Gasteiger partial charge in [-0.3, -0.25) is 0 Å². The predicted molar refractivity (Wildman–Crippen MR) is 65.5 cm³/mol. The number of allylic oxidation sites excluding steroid dienone is 2. The van der Waals surface area contributed by atoms with E-state index in [1.807, 2.05) is 11.8 Å². The molecule has 0 radical (unpaired) electrons. The second-order valence-corrected chi connectivity index (χ2v) is 5.22. The van der Waals surface area contributed by atoms with Gasteiger partial charge in [0.2, 0.25) is 0 Å². The SMILES string of the molecule is C1=CN(C2CCNCC2)C2=CCSC2=C1. The Kier molecular flexibility index (Phi) is 2.59. The summed E-state index contributed by atoms with van der Waals surface area (Å²) in [6.45, 7) is 2.32. The molecule has 3 heteroatoms. The Morgan fingerprint density at radius 1 is 1.33 bits per heavy atom. The summed E-state index contributed by atoms with van der Waals surface area (Å²) >= 11 is 1.95. The molecule has 3 heterocycles. The first kappa shape index (κ1) is 9.55. The summed E-state index contributed by atoms with van der Waals surface area (Å²) in [6.07, 6.45) is 11.6. The van der Waals surface area contributed by atoms with Gasteiger partial charge < -0.3 is 10.2 Å². The van der Waals surface area contributed by atoms with Crippen LogP contribution in [0.4, 0.5) is 0 Å². The lowest BCUT2D eigenvalue weighted by Crippen LogP contribution is -2.40. The Morgan fingerprint density at radius 3 is 3.07 bits per heavy atom. The molecule has 0 bridgehead atoms. The molecule has 3 aliphatic rings. The molecular weight excluding hydrogens is 204 g/mol. The molecule has 0 atom stereocenters. The molecule has 0 aromatic heterocycles. The lowest BCUT2D eigenvalue weighted by atomic mass is 10.0. The van der Waals surface area contributed by atoms with Crippen molar-refractivity contribution in [3.8, 4) is 0 Å². The maximum atomic E-state index is 3.42. The van der Waals surface area contributed by atoms with Crippen LogP contribution in [0.5, 0.6) is 0 Å². The van der Waals surface area contributed by atoms with Gasteiger partial charge in [-0.2, -0.15) is 0 Å². The number of thioether (sulfide) groups is 1. The Morgan fingerprint density at radius 2 is 2.20 bits per heavy atom. The molecule has 0 aromatic rings. The molecule has 2 nitrogen and oxygen atoms in total. The zero-order valence-electron chi connectivity index (χ0n) is 8.78. The molecule has 0 aliphatic carbocycles. The van der Waals surface area contributed by atoms with Gasteiger partial charge >= 0.3 is 0 Å². The van der Waals surface area contributed by atoms with E-state index < -0.39 is 0 Å². The standard InChI is InChI=1S/C12H16N2S/c1-2-12-11(5-9-15-12)14(8-1)10-3-6-13-7-4-10/h1-2,5,8,10,13H,3-4,6-7,9H2. The first-order valence-electron chi connectivity index (χ1n) is 5.66. The Hall–Kier alpha value is -0.670. The van der Waals surface area contributed by atoms with Crippen LogP contribution in [0.2, 0.25) is 0 Å². The predicted octanol–water partition coefficient (Wildman–Crippen LogP) is 2.08. The van der Waals surface area contributed by atoms with Crippen molar-refractivity contribution < 1.29 is 0 Å². The molecule has 3 aliphatic heterocycles. The first-order chi connectivity index (χ1) is 7.45. The first-order valence-corrected chi connectivity index (χ1v) is 6.64. The third-order valence-corrected chi connectivity index (χ3v) is 4.23. The van der Waals surface area contributed by atoms with Crippen molar-refractivity contribution in [3.05, 3.63) is 35.0 Å². The average molecular weight is 220 g/mol.